The number of Topliss-reactive ketones (excluding diaryl/α,β-unsaturated/α-hetero) is 1. The standard InChI is InChI=1S/C19H23ClO4/c1-5-11(2)8-12(3)6-7-13-9-14-15(10-24-13)17(21)19(4,23)18(22)16(14)20/h6-11,17,21,23H,5H2,1-4H3/b7-6+,12-8+/t11?,17-,19-/m1/s1. The van der Waals surface area contributed by atoms with E-state index in [-0.39, 0.29) is 5.03 Å². The SMILES string of the molecule is CCC(C)/C=C(C)/C=C/C1=CC2=C(Cl)C(=O)[C@](C)(O)[C@H](O)C2=CO1. The number of ether oxygens (including phenoxy) is 1. The van der Waals surface area contributed by atoms with Crippen molar-refractivity contribution in [3.63, 3.8) is 0 Å². The molecule has 1 aliphatic heterocycles. The normalized spacial score (nSPS) is 29.2. The first-order valence-electron chi connectivity index (χ1n) is 7.98. The van der Waals surface area contributed by atoms with E-state index in [1.807, 2.05) is 13.0 Å². The molecule has 0 amide bonds. The Balaban J connectivity index is 2.30. The molecule has 2 N–H and O–H groups in total. The van der Waals surface area contributed by atoms with Gasteiger partial charge in [-0.25, -0.2) is 0 Å². The molecule has 0 saturated carbocycles. The molecule has 0 aromatic carbocycles. The topological polar surface area (TPSA) is 66.8 Å². The van der Waals surface area contributed by atoms with E-state index in [9.17, 15) is 15.0 Å². The number of allylic oxidation sites excluding steroid dienone is 5. The van der Waals surface area contributed by atoms with Gasteiger partial charge in [-0.3, -0.25) is 4.79 Å². The molecule has 1 heterocycles. The highest BCUT2D eigenvalue weighted by molar-refractivity contribution is 6.45. The van der Waals surface area contributed by atoms with Crippen LogP contribution in [0.1, 0.15) is 34.1 Å². The largest absolute Gasteiger partial charge is 0.465 e. The van der Waals surface area contributed by atoms with E-state index >= 15 is 0 Å². The number of hydrogen-bond donors (Lipinski definition) is 2. The summed E-state index contributed by atoms with van der Waals surface area (Å²) in [6.45, 7) is 7.52. The molecule has 1 unspecified atom stereocenters. The van der Waals surface area contributed by atoms with Crippen molar-refractivity contribution in [3.05, 3.63) is 58.1 Å². The molecular weight excluding hydrogens is 328 g/mol. The summed E-state index contributed by atoms with van der Waals surface area (Å²) in [7, 11) is 0. The molecule has 4 nitrogen and oxygen atoms in total. The van der Waals surface area contributed by atoms with Gasteiger partial charge in [-0.2, -0.15) is 0 Å². The average Bonchev–Trinajstić information content (AvgIpc) is 2.56. The summed E-state index contributed by atoms with van der Waals surface area (Å²) in [6.07, 6.45) is 8.48. The van der Waals surface area contributed by atoms with Crippen molar-refractivity contribution in [3.8, 4) is 0 Å². The lowest BCUT2D eigenvalue weighted by atomic mass is 9.79. The molecule has 2 aliphatic rings. The quantitative estimate of drug-likeness (QED) is 0.761. The third-order valence-electron chi connectivity index (χ3n) is 4.34. The summed E-state index contributed by atoms with van der Waals surface area (Å²) < 4.78 is 5.49. The Labute approximate surface area is 147 Å². The highest BCUT2D eigenvalue weighted by atomic mass is 35.5. The van der Waals surface area contributed by atoms with E-state index in [1.165, 1.54) is 13.2 Å². The van der Waals surface area contributed by atoms with E-state index in [2.05, 4.69) is 19.9 Å². The van der Waals surface area contributed by atoms with E-state index in [0.717, 1.165) is 12.0 Å². The number of ketones is 1. The van der Waals surface area contributed by atoms with Crippen molar-refractivity contribution in [1.29, 1.82) is 0 Å². The van der Waals surface area contributed by atoms with Crippen molar-refractivity contribution in [2.75, 3.05) is 0 Å². The van der Waals surface area contributed by atoms with Gasteiger partial charge in [-0.15, -0.1) is 0 Å². The molecule has 0 bridgehead atoms. The van der Waals surface area contributed by atoms with Crippen LogP contribution >= 0.6 is 11.6 Å². The number of hydrogen-bond acceptors (Lipinski definition) is 4. The van der Waals surface area contributed by atoms with Crippen molar-refractivity contribution in [2.24, 2.45) is 5.92 Å². The number of halogens is 1. The van der Waals surface area contributed by atoms with Crippen LogP contribution in [0.15, 0.2) is 58.1 Å². The second-order valence-electron chi connectivity index (χ2n) is 6.47. The van der Waals surface area contributed by atoms with Gasteiger partial charge in [0, 0.05) is 11.1 Å². The fourth-order valence-electron chi connectivity index (χ4n) is 2.55. The molecule has 0 spiro atoms. The van der Waals surface area contributed by atoms with Gasteiger partial charge in [0.2, 0.25) is 5.78 Å². The fraction of sp³-hybridized carbons (Fsp3) is 0.421. The molecular formula is C19H23ClO4. The van der Waals surface area contributed by atoms with Gasteiger partial charge >= 0.3 is 0 Å². The third kappa shape index (κ3) is 3.56. The van der Waals surface area contributed by atoms with Gasteiger partial charge in [0.05, 0.1) is 11.3 Å². The predicted molar refractivity (Wildman–Crippen MR) is 94.1 cm³/mol. The van der Waals surface area contributed by atoms with Crippen LogP contribution in [0.3, 0.4) is 0 Å². The smallest absolute Gasteiger partial charge is 0.209 e. The zero-order chi connectivity index (χ0) is 18.1. The summed E-state index contributed by atoms with van der Waals surface area (Å²) in [5, 5.41) is 20.2. The number of aliphatic hydroxyl groups excluding tert-OH is 1. The fourth-order valence-corrected chi connectivity index (χ4v) is 2.91. The molecule has 130 valence electrons. The van der Waals surface area contributed by atoms with Crippen LogP contribution in [0.25, 0.3) is 0 Å². The van der Waals surface area contributed by atoms with E-state index < -0.39 is 17.5 Å². The first-order chi connectivity index (χ1) is 11.2. The lowest BCUT2D eigenvalue weighted by Crippen LogP contribution is -2.51. The Bertz CT molecular complexity index is 692. The van der Waals surface area contributed by atoms with E-state index in [4.69, 9.17) is 16.3 Å². The molecule has 0 saturated heterocycles. The van der Waals surface area contributed by atoms with Crippen molar-refractivity contribution >= 4 is 17.4 Å². The molecule has 5 heteroatoms. The molecule has 0 fully saturated rings. The van der Waals surface area contributed by atoms with Crippen LogP contribution < -0.4 is 0 Å². The van der Waals surface area contributed by atoms with Crippen molar-refractivity contribution in [2.45, 2.75) is 45.8 Å². The number of aliphatic hydroxyl groups is 2. The summed E-state index contributed by atoms with van der Waals surface area (Å²) >= 11 is 6.09. The lowest BCUT2D eigenvalue weighted by Gasteiger charge is -2.35. The first kappa shape index (κ1) is 18.7. The van der Waals surface area contributed by atoms with Crippen LogP contribution in [0.5, 0.6) is 0 Å². The van der Waals surface area contributed by atoms with Gasteiger partial charge in [0.25, 0.3) is 0 Å². The number of carbonyl (C=O) groups is 1. The number of fused-ring (bicyclic) bond motifs is 1. The molecule has 0 aromatic heterocycles. The zero-order valence-electron chi connectivity index (χ0n) is 14.3. The van der Waals surface area contributed by atoms with Gasteiger partial charge in [0.15, 0.2) is 5.60 Å². The van der Waals surface area contributed by atoms with Crippen molar-refractivity contribution < 1.29 is 19.7 Å². The monoisotopic (exact) mass is 350 g/mol. The summed E-state index contributed by atoms with van der Waals surface area (Å²) in [6, 6.07) is 0. The van der Waals surface area contributed by atoms with Crippen LogP contribution in [-0.4, -0.2) is 27.7 Å². The van der Waals surface area contributed by atoms with E-state index in [0.29, 0.717) is 22.8 Å². The number of carbonyl (C=O) groups excluding carboxylic acids is 1. The van der Waals surface area contributed by atoms with Gasteiger partial charge < -0.3 is 14.9 Å². The molecule has 0 aromatic rings. The Morgan fingerprint density at radius 2 is 2.21 bits per heavy atom. The Morgan fingerprint density at radius 1 is 1.54 bits per heavy atom. The van der Waals surface area contributed by atoms with Gasteiger partial charge in [-0.05, 0) is 31.9 Å². The molecule has 24 heavy (non-hydrogen) atoms. The zero-order valence-corrected chi connectivity index (χ0v) is 15.1. The van der Waals surface area contributed by atoms with E-state index in [1.54, 1.807) is 12.2 Å². The number of rotatable bonds is 4. The minimum atomic E-state index is -1.95. The molecule has 0 radical (unpaired) electrons. The Kier molecular flexibility index (Phi) is 5.53. The maximum absolute atomic E-state index is 12.1. The summed E-state index contributed by atoms with van der Waals surface area (Å²) in [5.74, 6) is 0.302. The third-order valence-corrected chi connectivity index (χ3v) is 4.72. The molecule has 1 aliphatic carbocycles. The molecule has 3 atom stereocenters. The predicted octanol–water partition coefficient (Wildman–Crippen LogP) is 3.52. The van der Waals surface area contributed by atoms with Gasteiger partial charge in [-0.1, -0.05) is 49.6 Å². The average molecular weight is 351 g/mol. The summed E-state index contributed by atoms with van der Waals surface area (Å²) in [5.41, 5.74) is -0.165. The summed E-state index contributed by atoms with van der Waals surface area (Å²) in [4.78, 5) is 12.1. The maximum atomic E-state index is 12.1. The van der Waals surface area contributed by atoms with Crippen LogP contribution in [0, 0.1) is 5.92 Å². The highest BCUT2D eigenvalue weighted by Crippen LogP contribution is 2.39. The Morgan fingerprint density at radius 3 is 2.83 bits per heavy atom. The maximum Gasteiger partial charge on any atom is 0.209 e. The molecule has 2 rings (SSSR count). The minimum Gasteiger partial charge on any atom is -0.465 e. The second-order valence-corrected chi connectivity index (χ2v) is 6.85. The van der Waals surface area contributed by atoms with Crippen molar-refractivity contribution in [1.82, 2.24) is 0 Å². The first-order valence-corrected chi connectivity index (χ1v) is 8.36. The van der Waals surface area contributed by atoms with Crippen LogP contribution in [0.2, 0.25) is 0 Å². The highest BCUT2D eigenvalue weighted by Gasteiger charge is 2.48. The minimum absolute atomic E-state index is 0.0994. The Hall–Kier alpha value is -1.62. The second kappa shape index (κ2) is 7.09. The van der Waals surface area contributed by atoms with Crippen LogP contribution in [0.4, 0.5) is 0 Å². The lowest BCUT2D eigenvalue weighted by molar-refractivity contribution is -0.140. The van der Waals surface area contributed by atoms with Crippen LogP contribution in [-0.2, 0) is 9.53 Å². The van der Waals surface area contributed by atoms with Gasteiger partial charge in [0.1, 0.15) is 11.9 Å².